The lowest BCUT2D eigenvalue weighted by Crippen LogP contribution is -2.45. The zero-order valence-corrected chi connectivity index (χ0v) is 47.6. The Balaban J connectivity index is 0.760. The molecule has 436 valence electrons. The number of benzene rings is 3. The second-order valence-electron chi connectivity index (χ2n) is 20.3. The van der Waals surface area contributed by atoms with Gasteiger partial charge >= 0.3 is 29.2 Å². The zero-order chi connectivity index (χ0) is 57.8. The summed E-state index contributed by atoms with van der Waals surface area (Å²) in [5, 5.41) is 15.0. The van der Waals surface area contributed by atoms with E-state index in [-0.39, 0.29) is 53.7 Å². The van der Waals surface area contributed by atoms with Gasteiger partial charge in [-0.2, -0.15) is 22.0 Å². The highest BCUT2D eigenvalue weighted by molar-refractivity contribution is 7.89. The number of aromatic nitrogens is 2. The van der Waals surface area contributed by atoms with Crippen LogP contribution in [-0.4, -0.2) is 120 Å². The Labute approximate surface area is 464 Å². The normalized spacial score (nSPS) is 20.8. The third-order valence-electron chi connectivity index (χ3n) is 14.8. The number of sulfonamides is 1. The molecule has 10 N–H and O–H groups in total. The summed E-state index contributed by atoms with van der Waals surface area (Å²) in [5.74, 6) is 6.02. The molecular formula is C49H59N7O20P3S2+. The molecule has 6 aliphatic heterocycles. The fraction of sp³-hybridized carbons (Fsp3) is 0.469. The van der Waals surface area contributed by atoms with Gasteiger partial charge in [-0.05, 0) is 81.2 Å². The minimum atomic E-state index is -5.80. The third kappa shape index (κ3) is 13.0. The maximum absolute atomic E-state index is 13.8. The van der Waals surface area contributed by atoms with Gasteiger partial charge in [0.2, 0.25) is 21.3 Å². The molecule has 5 atom stereocenters. The van der Waals surface area contributed by atoms with Gasteiger partial charge in [0.05, 0.1) is 35.3 Å². The van der Waals surface area contributed by atoms with Crippen LogP contribution in [0.5, 0.6) is 11.5 Å². The number of aliphatic hydroxyl groups excluding tert-OH is 1. The largest absolute Gasteiger partial charge is 0.490 e. The predicted octanol–water partition coefficient (Wildman–Crippen LogP) is 1.51. The number of unbranched alkanes of at least 4 members (excludes halogenated alkanes) is 2. The zero-order valence-electron chi connectivity index (χ0n) is 43.3. The van der Waals surface area contributed by atoms with Gasteiger partial charge in [0.25, 0.3) is 10.1 Å². The average Bonchev–Trinajstić information content (AvgIpc) is 3.85. The smallest absolute Gasteiger partial charge is 0.455 e. The number of nitrogens with two attached hydrogens (primary N) is 1. The number of ether oxygens (including phenoxy) is 2. The van der Waals surface area contributed by atoms with Crippen LogP contribution in [-0.2, 0) is 82.2 Å². The number of anilines is 2. The quantitative estimate of drug-likeness (QED) is 0.0186. The molecule has 2 unspecified atom stereocenters. The average molecular weight is 1220 g/mol. The number of phosphoric acid groups is 3. The van der Waals surface area contributed by atoms with Crippen molar-refractivity contribution in [3.05, 3.63) is 96.5 Å². The Bertz CT molecular complexity index is 3900. The first-order valence-electron chi connectivity index (χ1n) is 26.1. The number of nitrogens with one attached hydrogen (secondary N) is 2. The van der Waals surface area contributed by atoms with Crippen molar-refractivity contribution in [2.45, 2.75) is 112 Å². The first kappa shape index (κ1) is 59.0. The van der Waals surface area contributed by atoms with Gasteiger partial charge in [-0.1, -0.05) is 24.3 Å². The highest BCUT2D eigenvalue weighted by Gasteiger charge is 2.44. The number of hydrogen-bond acceptors (Lipinski definition) is 18. The standard InChI is InChI=1S/C49H58N7O20P3S2/c50-48-31(27-56(49(59)53-48)42-26-38(57)39(73-42)28-72-78(63,64)76-79(65,66)75-77(60,61)62)9-4-17-51-41(58)14-2-1-3-18-52-80(67,68)32-15-16-33(40(25-32)81(69,70)71)43-36-23-29-10-5-19-54-21-7-12-34(44(29)54)46(36)74-47-35-13-8-22-55-20-6-11-30(45(35)55)24-37(43)47/h15-16,23-25,27,38-39,42,52,57H,1-3,5-8,10-14,17-22,26,28H2,(H7-,50,51,53,58,59,60,61,62,63,64,65,66,69,70,71)/p+1/t38-,39+,42+/m0/s1. The number of nitrogens with zero attached hydrogens (tertiary/aromatic N) is 4. The van der Waals surface area contributed by atoms with Crippen molar-refractivity contribution in [2.24, 2.45) is 0 Å². The SMILES string of the molecule is Nc1nc(=O)n([C@H]2C[C@H](O)[C@@H](COP(=O)(O)OP(=O)(O)OP(=O)(O)O)O2)cc1C#CCNC(=O)CCCCCNS(=O)(=O)c1ccc(C2=c3cc4c5c(c3Oc3c2cc2c6c3CCCN6CCC2)CCC[N+]=5CCC4)c(S(=O)(=O)O)c1. The van der Waals surface area contributed by atoms with E-state index in [0.717, 1.165) is 117 Å². The van der Waals surface area contributed by atoms with E-state index < -0.39 is 79.2 Å². The molecule has 1 fully saturated rings. The van der Waals surface area contributed by atoms with E-state index in [4.69, 9.17) is 25.0 Å². The molecule has 0 spiro atoms. The summed E-state index contributed by atoms with van der Waals surface area (Å²) < 4.78 is 131. The summed E-state index contributed by atoms with van der Waals surface area (Å²) in [6.07, 6.45) is 4.84. The Hall–Kier alpha value is -5.21. The Morgan fingerprint density at radius 2 is 1.62 bits per heavy atom. The van der Waals surface area contributed by atoms with Crippen LogP contribution in [0.15, 0.2) is 51.1 Å². The fourth-order valence-corrected chi connectivity index (χ4v) is 16.4. The lowest BCUT2D eigenvalue weighted by molar-refractivity contribution is -0.120. The van der Waals surface area contributed by atoms with Crippen molar-refractivity contribution >= 4 is 66.6 Å². The van der Waals surface area contributed by atoms with E-state index in [2.05, 4.69) is 61.6 Å². The minimum absolute atomic E-state index is 0.0125. The molecule has 3 aromatic carbocycles. The van der Waals surface area contributed by atoms with Crippen LogP contribution in [0.25, 0.3) is 5.57 Å². The van der Waals surface area contributed by atoms with Gasteiger partial charge in [-0.25, -0.2) is 36.2 Å². The maximum atomic E-state index is 13.8. The molecule has 27 nitrogen and oxygen atoms in total. The molecule has 0 bridgehead atoms. The lowest BCUT2D eigenvalue weighted by atomic mass is 9.82. The lowest BCUT2D eigenvalue weighted by Gasteiger charge is -2.39. The molecule has 4 aromatic rings. The van der Waals surface area contributed by atoms with Gasteiger partial charge in [-0.15, -0.1) is 0 Å². The number of carbonyl (C=O) groups excluding carboxylic acids is 1. The molecule has 0 radical (unpaired) electrons. The van der Waals surface area contributed by atoms with Crippen LogP contribution in [0.1, 0.15) is 103 Å². The van der Waals surface area contributed by atoms with Crippen molar-refractivity contribution in [1.82, 2.24) is 24.2 Å². The first-order valence-corrected chi connectivity index (χ1v) is 33.5. The van der Waals surface area contributed by atoms with Crippen molar-refractivity contribution in [1.29, 1.82) is 0 Å². The van der Waals surface area contributed by atoms with Gasteiger partial charge in [0.1, 0.15) is 47.6 Å². The second-order valence-corrected chi connectivity index (χ2v) is 27.9. The third-order valence-corrected chi connectivity index (χ3v) is 20.9. The summed E-state index contributed by atoms with van der Waals surface area (Å²) >= 11 is 0. The van der Waals surface area contributed by atoms with E-state index in [9.17, 15) is 59.6 Å². The van der Waals surface area contributed by atoms with Crippen LogP contribution in [0.2, 0.25) is 0 Å². The number of rotatable bonds is 19. The van der Waals surface area contributed by atoms with Crippen molar-refractivity contribution < 1.29 is 87.2 Å². The summed E-state index contributed by atoms with van der Waals surface area (Å²) in [4.78, 5) is 67.1. The van der Waals surface area contributed by atoms with Crippen molar-refractivity contribution in [3.8, 4) is 23.3 Å². The highest BCUT2D eigenvalue weighted by Crippen LogP contribution is 2.66. The van der Waals surface area contributed by atoms with Crippen LogP contribution in [0.4, 0.5) is 11.5 Å². The molecule has 1 amide bonds. The first-order chi connectivity index (χ1) is 38.3. The molecule has 0 saturated carbocycles. The van der Waals surface area contributed by atoms with Gasteiger partial charge in [0.15, 0.2) is 0 Å². The molecule has 0 aliphatic carbocycles. The molecule has 81 heavy (non-hydrogen) atoms. The summed E-state index contributed by atoms with van der Waals surface area (Å²) in [5.41, 5.74) is 12.0. The number of amides is 1. The summed E-state index contributed by atoms with van der Waals surface area (Å²) in [7, 11) is -26.3. The van der Waals surface area contributed by atoms with E-state index >= 15 is 0 Å². The van der Waals surface area contributed by atoms with Crippen molar-refractivity contribution in [2.75, 3.05) is 56.5 Å². The number of aliphatic hydroxyl groups is 1. The topological polar surface area (TPSA) is 395 Å². The number of fused-ring (bicyclic) bond motifs is 4. The number of nitrogen functional groups attached to an aromatic ring is 1. The van der Waals surface area contributed by atoms with E-state index in [0.29, 0.717) is 47.1 Å². The second kappa shape index (κ2) is 23.1. The Morgan fingerprint density at radius 3 is 2.37 bits per heavy atom. The molecular weight excluding hydrogens is 1160 g/mol. The van der Waals surface area contributed by atoms with E-state index in [1.807, 2.05) is 0 Å². The summed E-state index contributed by atoms with van der Waals surface area (Å²) in [6, 6.07) is 8.00. The predicted molar refractivity (Wildman–Crippen MR) is 287 cm³/mol. The van der Waals surface area contributed by atoms with Crippen LogP contribution in [0.3, 0.4) is 0 Å². The number of aryl methyl sites for hydroxylation is 2. The molecule has 1 saturated heterocycles. The van der Waals surface area contributed by atoms with Gasteiger partial charge < -0.3 is 50.1 Å². The number of carbonyl (C=O) groups is 1. The number of phosphoric ester groups is 1. The van der Waals surface area contributed by atoms with Crippen LogP contribution >= 0.6 is 23.5 Å². The summed E-state index contributed by atoms with van der Waals surface area (Å²) in [6.45, 7) is 2.55. The molecule has 7 heterocycles. The molecule has 10 rings (SSSR count). The Morgan fingerprint density at radius 1 is 0.889 bits per heavy atom. The number of hydrogen-bond donors (Lipinski definition) is 9. The fourth-order valence-electron chi connectivity index (χ4n) is 11.4. The Kier molecular flexibility index (Phi) is 16.8. The maximum Gasteiger partial charge on any atom is 0.490 e. The molecule has 1 aromatic heterocycles. The van der Waals surface area contributed by atoms with Gasteiger partial charge in [0, 0.05) is 90.2 Å². The molecule has 32 heteroatoms. The van der Waals surface area contributed by atoms with Crippen LogP contribution < -0.4 is 46.3 Å². The molecule has 6 aliphatic rings. The van der Waals surface area contributed by atoms with Crippen molar-refractivity contribution in [3.63, 3.8) is 0 Å². The highest BCUT2D eigenvalue weighted by atomic mass is 32.2. The van der Waals surface area contributed by atoms with Crippen LogP contribution in [0, 0.1) is 11.8 Å². The minimum Gasteiger partial charge on any atom is -0.455 e. The monoisotopic (exact) mass is 1220 g/mol. The van der Waals surface area contributed by atoms with E-state index in [1.165, 1.54) is 23.2 Å². The van der Waals surface area contributed by atoms with Gasteiger partial charge in [-0.3, -0.25) is 18.4 Å². The van der Waals surface area contributed by atoms with E-state index in [1.54, 1.807) is 0 Å².